The van der Waals surface area contributed by atoms with Gasteiger partial charge in [-0.25, -0.2) is 17.9 Å². The zero-order chi connectivity index (χ0) is 13.1. The Kier molecular flexibility index (Phi) is 4.19. The monoisotopic (exact) mass is 276 g/mol. The van der Waals surface area contributed by atoms with Crippen molar-refractivity contribution in [2.24, 2.45) is 0 Å². The largest absolute Gasteiger partial charge is 0.479 e. The van der Waals surface area contributed by atoms with E-state index >= 15 is 0 Å². The van der Waals surface area contributed by atoms with Gasteiger partial charge in [0.25, 0.3) is 0 Å². The number of carboxylic acids is 1. The van der Waals surface area contributed by atoms with E-state index in [1.54, 1.807) is 6.07 Å². The van der Waals surface area contributed by atoms with Gasteiger partial charge in [-0.05, 0) is 12.1 Å². The van der Waals surface area contributed by atoms with Gasteiger partial charge in [-0.1, -0.05) is 0 Å². The molecule has 0 aromatic carbocycles. The first-order chi connectivity index (χ1) is 7.86. The Morgan fingerprint density at radius 1 is 1.59 bits per heavy atom. The van der Waals surface area contributed by atoms with Crippen LogP contribution in [0.2, 0.25) is 0 Å². The predicted molar refractivity (Wildman–Crippen MR) is 57.9 cm³/mol. The van der Waals surface area contributed by atoms with E-state index in [1.807, 2.05) is 4.72 Å². The zero-order valence-electron chi connectivity index (χ0n) is 8.32. The first kappa shape index (κ1) is 13.6. The van der Waals surface area contributed by atoms with Crippen LogP contribution < -0.4 is 4.72 Å². The summed E-state index contributed by atoms with van der Waals surface area (Å²) in [4.78, 5) is 10.5. The molecule has 3 N–H and O–H groups in total. The van der Waals surface area contributed by atoms with Crippen LogP contribution in [-0.2, 0) is 14.8 Å². The van der Waals surface area contributed by atoms with Crippen LogP contribution in [0.25, 0.3) is 0 Å². The molecule has 1 heterocycles. The van der Waals surface area contributed by atoms with Crippen LogP contribution in [0.4, 0.5) is 0 Å². The lowest BCUT2D eigenvalue weighted by molar-refractivity contribution is -0.146. The maximum Gasteiger partial charge on any atom is 0.333 e. The molecule has 1 rings (SSSR count). The maximum atomic E-state index is 11.6. The summed E-state index contributed by atoms with van der Waals surface area (Å²) in [6.07, 6.45) is -1.81. The Hall–Kier alpha value is -1.47. The summed E-state index contributed by atoms with van der Waals surface area (Å²) in [5.74, 6) is -1.52. The number of thiophene rings is 1. The van der Waals surface area contributed by atoms with Crippen molar-refractivity contribution in [1.82, 2.24) is 4.72 Å². The number of sulfonamides is 1. The second kappa shape index (κ2) is 5.24. The summed E-state index contributed by atoms with van der Waals surface area (Å²) in [5, 5.41) is 25.8. The maximum absolute atomic E-state index is 11.6. The molecule has 9 heteroatoms. The number of aliphatic hydroxyl groups is 1. The molecule has 0 aliphatic rings. The molecule has 0 aliphatic heterocycles. The Bertz CT molecular complexity index is 557. The normalized spacial score (nSPS) is 12.9. The molecule has 92 valence electrons. The van der Waals surface area contributed by atoms with Crippen molar-refractivity contribution in [1.29, 1.82) is 5.26 Å². The smallest absolute Gasteiger partial charge is 0.333 e. The van der Waals surface area contributed by atoms with E-state index in [0.29, 0.717) is 0 Å². The minimum Gasteiger partial charge on any atom is -0.479 e. The number of carbonyl (C=O) groups is 1. The highest BCUT2D eigenvalue weighted by Gasteiger charge is 2.20. The van der Waals surface area contributed by atoms with Gasteiger partial charge in [0.2, 0.25) is 10.0 Å². The number of hydrogen-bond acceptors (Lipinski definition) is 6. The molecule has 0 saturated carbocycles. The first-order valence-electron chi connectivity index (χ1n) is 4.27. The van der Waals surface area contributed by atoms with Crippen molar-refractivity contribution in [3.05, 3.63) is 17.0 Å². The first-order valence-corrected chi connectivity index (χ1v) is 6.57. The molecule has 0 saturated heterocycles. The van der Waals surface area contributed by atoms with E-state index in [2.05, 4.69) is 0 Å². The highest BCUT2D eigenvalue weighted by Crippen LogP contribution is 2.20. The van der Waals surface area contributed by atoms with Gasteiger partial charge in [0.15, 0.2) is 6.10 Å². The van der Waals surface area contributed by atoms with Crippen molar-refractivity contribution >= 4 is 27.3 Å². The minimum absolute atomic E-state index is 0.105. The van der Waals surface area contributed by atoms with Crippen molar-refractivity contribution < 1.29 is 23.4 Å². The van der Waals surface area contributed by atoms with Crippen LogP contribution in [0.15, 0.2) is 16.3 Å². The zero-order valence-corrected chi connectivity index (χ0v) is 9.96. The highest BCUT2D eigenvalue weighted by atomic mass is 32.2. The average Bonchev–Trinajstić information content (AvgIpc) is 2.75. The van der Waals surface area contributed by atoms with Gasteiger partial charge in [-0.2, -0.15) is 5.26 Å². The SMILES string of the molecule is N#Cc1ccc(S(=O)(=O)NCC(O)C(=O)O)s1. The standard InChI is InChI=1S/C8H8N2O5S2/c9-3-5-1-2-7(16-5)17(14,15)10-4-6(11)8(12)13/h1-2,6,10-11H,4H2,(H,12,13). The Morgan fingerprint density at radius 2 is 2.24 bits per heavy atom. The van der Waals surface area contributed by atoms with Gasteiger partial charge in [-0.3, -0.25) is 0 Å². The summed E-state index contributed by atoms with van der Waals surface area (Å²) in [6.45, 7) is -0.628. The van der Waals surface area contributed by atoms with E-state index in [0.717, 1.165) is 11.3 Å². The van der Waals surface area contributed by atoms with Gasteiger partial charge in [0.1, 0.15) is 15.2 Å². The molecule has 1 aromatic rings. The van der Waals surface area contributed by atoms with Gasteiger partial charge in [0, 0.05) is 6.54 Å². The van der Waals surface area contributed by atoms with Gasteiger partial charge in [0.05, 0.1) is 0 Å². The number of carboxylic acid groups (broad SMARTS) is 1. The van der Waals surface area contributed by atoms with Crippen molar-refractivity contribution in [2.45, 2.75) is 10.3 Å². The number of nitrogens with zero attached hydrogens (tertiary/aromatic N) is 1. The van der Waals surface area contributed by atoms with Gasteiger partial charge in [-0.15, -0.1) is 11.3 Å². The molecule has 17 heavy (non-hydrogen) atoms. The average molecular weight is 276 g/mol. The fourth-order valence-corrected chi connectivity index (χ4v) is 3.06. The quantitative estimate of drug-likeness (QED) is 0.655. The summed E-state index contributed by atoms with van der Waals surface area (Å²) in [7, 11) is -3.88. The minimum atomic E-state index is -3.88. The Labute approximate surface area is 101 Å². The second-order valence-electron chi connectivity index (χ2n) is 2.94. The number of aliphatic hydroxyl groups excluding tert-OH is 1. The number of rotatable bonds is 5. The van der Waals surface area contributed by atoms with Crippen LogP contribution in [0.5, 0.6) is 0 Å². The second-order valence-corrected chi connectivity index (χ2v) is 6.01. The molecular weight excluding hydrogens is 268 g/mol. The van der Waals surface area contributed by atoms with Crippen molar-refractivity contribution in [2.75, 3.05) is 6.54 Å². The van der Waals surface area contributed by atoms with Crippen LogP contribution in [0.1, 0.15) is 4.88 Å². The molecule has 0 radical (unpaired) electrons. The molecule has 1 atom stereocenters. The van der Waals surface area contributed by atoms with E-state index in [4.69, 9.17) is 15.5 Å². The molecule has 0 spiro atoms. The lowest BCUT2D eigenvalue weighted by Gasteiger charge is -2.06. The molecule has 1 aromatic heterocycles. The Balaban J connectivity index is 2.76. The number of nitrogens with one attached hydrogen (secondary N) is 1. The lowest BCUT2D eigenvalue weighted by Crippen LogP contribution is -2.36. The van der Waals surface area contributed by atoms with Gasteiger partial charge < -0.3 is 10.2 Å². The Morgan fingerprint density at radius 3 is 2.71 bits per heavy atom. The molecular formula is C8H8N2O5S2. The third-order valence-electron chi connectivity index (χ3n) is 1.71. The van der Waals surface area contributed by atoms with E-state index in [9.17, 15) is 13.2 Å². The summed E-state index contributed by atoms with van der Waals surface area (Å²) in [6, 6.07) is 4.36. The summed E-state index contributed by atoms with van der Waals surface area (Å²) < 4.78 is 25.0. The lowest BCUT2D eigenvalue weighted by atomic mass is 10.4. The van der Waals surface area contributed by atoms with Gasteiger partial charge >= 0.3 is 5.97 Å². The molecule has 0 aliphatic carbocycles. The third kappa shape index (κ3) is 3.50. The number of nitriles is 1. The van der Waals surface area contributed by atoms with Crippen LogP contribution in [-0.4, -0.2) is 37.2 Å². The van der Waals surface area contributed by atoms with E-state index in [1.165, 1.54) is 12.1 Å². The third-order valence-corrected chi connectivity index (χ3v) is 4.61. The number of aliphatic carboxylic acids is 1. The number of hydrogen-bond donors (Lipinski definition) is 3. The molecule has 7 nitrogen and oxygen atoms in total. The topological polar surface area (TPSA) is 127 Å². The van der Waals surface area contributed by atoms with E-state index in [-0.39, 0.29) is 9.09 Å². The van der Waals surface area contributed by atoms with Crippen LogP contribution in [0, 0.1) is 11.3 Å². The van der Waals surface area contributed by atoms with Crippen molar-refractivity contribution in [3.63, 3.8) is 0 Å². The predicted octanol–water partition coefficient (Wildman–Crippen LogP) is -0.656. The fraction of sp³-hybridized carbons (Fsp3) is 0.250. The van der Waals surface area contributed by atoms with E-state index < -0.39 is 28.6 Å². The van der Waals surface area contributed by atoms with Crippen LogP contribution in [0.3, 0.4) is 0 Å². The van der Waals surface area contributed by atoms with Crippen molar-refractivity contribution in [3.8, 4) is 6.07 Å². The summed E-state index contributed by atoms with van der Waals surface area (Å²) >= 11 is 0.759. The van der Waals surface area contributed by atoms with Crippen LogP contribution >= 0.6 is 11.3 Å². The molecule has 0 amide bonds. The summed E-state index contributed by atoms with van der Waals surface area (Å²) in [5.41, 5.74) is 0. The molecule has 1 unspecified atom stereocenters. The molecule has 0 fully saturated rings. The fourth-order valence-electron chi connectivity index (χ4n) is 0.872. The molecule has 0 bridgehead atoms. The highest BCUT2D eigenvalue weighted by molar-refractivity contribution is 7.91.